The first-order valence-corrected chi connectivity index (χ1v) is 6.77. The largest absolute Gasteiger partial charge is 0.477 e. The minimum Gasteiger partial charge on any atom is -0.477 e. The summed E-state index contributed by atoms with van der Waals surface area (Å²) in [6.07, 6.45) is 2.54. The molecule has 0 saturated carbocycles. The molecule has 0 saturated heterocycles. The van der Waals surface area contributed by atoms with E-state index in [0.717, 1.165) is 12.1 Å². The minimum absolute atomic E-state index is 0.000657. The number of aromatic nitrogens is 1. The topological polar surface area (TPSA) is 62.5 Å². The van der Waals surface area contributed by atoms with Crippen LogP contribution in [-0.4, -0.2) is 28.6 Å². The molecular formula is C16H18N2O3. The van der Waals surface area contributed by atoms with Gasteiger partial charge in [-0.15, -0.1) is 0 Å². The van der Waals surface area contributed by atoms with E-state index in [1.165, 1.54) is 21.1 Å². The predicted molar refractivity (Wildman–Crippen MR) is 80.6 cm³/mol. The fourth-order valence-electron chi connectivity index (χ4n) is 2.10. The lowest BCUT2D eigenvalue weighted by Crippen LogP contribution is -2.30. The molecule has 0 spiro atoms. The van der Waals surface area contributed by atoms with Gasteiger partial charge in [0.2, 0.25) is 5.91 Å². The van der Waals surface area contributed by atoms with Crippen molar-refractivity contribution in [2.24, 2.45) is 0 Å². The summed E-state index contributed by atoms with van der Waals surface area (Å²) in [4.78, 5) is 24.8. The zero-order valence-electron chi connectivity index (χ0n) is 12.1. The molecule has 5 nitrogen and oxygen atoms in total. The molecular weight excluding hydrogens is 268 g/mol. The van der Waals surface area contributed by atoms with Gasteiger partial charge in [0.15, 0.2) is 0 Å². The van der Waals surface area contributed by atoms with E-state index >= 15 is 0 Å². The highest BCUT2D eigenvalue weighted by atomic mass is 16.4. The molecule has 2 rings (SSSR count). The summed E-state index contributed by atoms with van der Waals surface area (Å²) in [5, 5.41) is 9.04. The van der Waals surface area contributed by atoms with Gasteiger partial charge in [0, 0.05) is 18.9 Å². The first kappa shape index (κ1) is 14.8. The van der Waals surface area contributed by atoms with E-state index in [9.17, 15) is 9.59 Å². The number of amides is 1. The highest BCUT2D eigenvalue weighted by molar-refractivity contribution is 5.93. The second-order valence-electron chi connectivity index (χ2n) is 4.80. The van der Waals surface area contributed by atoms with E-state index in [1.54, 1.807) is 19.3 Å². The molecule has 1 N–H and O–H groups in total. The normalized spacial score (nSPS) is 10.4. The van der Waals surface area contributed by atoms with Gasteiger partial charge in [0.05, 0.1) is 0 Å². The number of benzene rings is 1. The van der Waals surface area contributed by atoms with Gasteiger partial charge in [-0.2, -0.15) is 0 Å². The summed E-state index contributed by atoms with van der Waals surface area (Å²) in [7, 11) is 1.69. The lowest BCUT2D eigenvalue weighted by molar-refractivity contribution is -0.118. The maximum Gasteiger partial charge on any atom is 0.352 e. The quantitative estimate of drug-likeness (QED) is 0.918. The van der Waals surface area contributed by atoms with E-state index in [1.807, 2.05) is 24.3 Å². The van der Waals surface area contributed by atoms with E-state index < -0.39 is 5.97 Å². The number of rotatable bonds is 5. The highest BCUT2D eigenvalue weighted by Gasteiger charge is 2.15. The van der Waals surface area contributed by atoms with Gasteiger partial charge in [-0.3, -0.25) is 4.79 Å². The minimum atomic E-state index is -1.04. The van der Waals surface area contributed by atoms with Gasteiger partial charge in [-0.25, -0.2) is 4.79 Å². The van der Waals surface area contributed by atoms with Crippen LogP contribution in [0, 0.1) is 0 Å². The molecule has 1 aromatic heterocycles. The number of aryl methyl sites for hydroxylation is 1. The van der Waals surface area contributed by atoms with Crippen molar-refractivity contribution in [1.29, 1.82) is 0 Å². The van der Waals surface area contributed by atoms with Crippen LogP contribution in [0.15, 0.2) is 42.6 Å². The molecule has 0 aliphatic heterocycles. The molecule has 110 valence electrons. The number of hydrogen-bond acceptors (Lipinski definition) is 2. The van der Waals surface area contributed by atoms with E-state index in [-0.39, 0.29) is 18.1 Å². The molecule has 0 radical (unpaired) electrons. The first-order valence-electron chi connectivity index (χ1n) is 6.77. The van der Waals surface area contributed by atoms with Gasteiger partial charge in [0.1, 0.15) is 12.2 Å². The summed E-state index contributed by atoms with van der Waals surface area (Å²) in [6, 6.07) is 10.8. The number of hydrogen-bond donors (Lipinski definition) is 1. The number of likely N-dealkylation sites (N-methyl/N-ethyl adjacent to an activating group) is 1. The van der Waals surface area contributed by atoms with Crippen LogP contribution in [0.3, 0.4) is 0 Å². The lowest BCUT2D eigenvalue weighted by atomic mass is 10.1. The van der Waals surface area contributed by atoms with Crippen molar-refractivity contribution in [2.75, 3.05) is 11.9 Å². The maximum absolute atomic E-state index is 12.3. The average Bonchev–Trinajstić information content (AvgIpc) is 2.95. The van der Waals surface area contributed by atoms with Crippen LogP contribution < -0.4 is 4.90 Å². The van der Waals surface area contributed by atoms with Crippen molar-refractivity contribution >= 4 is 17.6 Å². The van der Waals surface area contributed by atoms with Crippen LogP contribution >= 0.6 is 0 Å². The number of nitrogens with zero attached hydrogens (tertiary/aromatic N) is 2. The van der Waals surface area contributed by atoms with E-state index in [2.05, 4.69) is 6.92 Å². The van der Waals surface area contributed by atoms with Gasteiger partial charge in [-0.1, -0.05) is 19.1 Å². The molecule has 0 aliphatic carbocycles. The second kappa shape index (κ2) is 6.26. The summed E-state index contributed by atoms with van der Waals surface area (Å²) in [5.41, 5.74) is 2.11. The molecule has 1 amide bonds. The fraction of sp³-hybridized carbons (Fsp3) is 0.250. The molecule has 0 aliphatic rings. The SMILES string of the molecule is CCc1ccc(N(C)C(=O)Cn2cccc2C(=O)O)cc1. The molecule has 1 heterocycles. The molecule has 2 aromatic rings. The standard InChI is InChI=1S/C16H18N2O3/c1-3-12-6-8-13(9-7-12)17(2)15(19)11-18-10-4-5-14(18)16(20)21/h4-10H,3,11H2,1-2H3,(H,20,21). The lowest BCUT2D eigenvalue weighted by Gasteiger charge is -2.18. The maximum atomic E-state index is 12.3. The number of carbonyl (C=O) groups is 2. The van der Waals surface area contributed by atoms with Crippen molar-refractivity contribution in [2.45, 2.75) is 19.9 Å². The monoisotopic (exact) mass is 286 g/mol. The fourth-order valence-corrected chi connectivity index (χ4v) is 2.10. The second-order valence-corrected chi connectivity index (χ2v) is 4.80. The van der Waals surface area contributed by atoms with Crippen LogP contribution in [0.5, 0.6) is 0 Å². The number of carbonyl (C=O) groups excluding carboxylic acids is 1. The summed E-state index contributed by atoms with van der Waals surface area (Å²) in [6.45, 7) is 2.07. The van der Waals surface area contributed by atoms with Crippen LogP contribution in [0.2, 0.25) is 0 Å². The Labute approximate surface area is 123 Å². The average molecular weight is 286 g/mol. The Hall–Kier alpha value is -2.56. The summed E-state index contributed by atoms with van der Waals surface area (Å²) >= 11 is 0. The Morgan fingerprint density at radius 3 is 2.43 bits per heavy atom. The molecule has 0 atom stereocenters. The van der Waals surface area contributed by atoms with Gasteiger partial charge < -0.3 is 14.6 Å². The van der Waals surface area contributed by atoms with Gasteiger partial charge in [-0.05, 0) is 36.2 Å². The van der Waals surface area contributed by atoms with Gasteiger partial charge >= 0.3 is 5.97 Å². The third-order valence-corrected chi connectivity index (χ3v) is 3.46. The van der Waals surface area contributed by atoms with Crippen LogP contribution in [0.25, 0.3) is 0 Å². The number of anilines is 1. The summed E-state index contributed by atoms with van der Waals surface area (Å²) < 4.78 is 1.43. The highest BCUT2D eigenvalue weighted by Crippen LogP contribution is 2.15. The molecule has 0 unspecified atom stereocenters. The van der Waals surface area contributed by atoms with Crippen molar-refractivity contribution < 1.29 is 14.7 Å². The number of carboxylic acids is 1. The van der Waals surface area contributed by atoms with Crippen molar-refractivity contribution in [3.8, 4) is 0 Å². The van der Waals surface area contributed by atoms with Crippen molar-refractivity contribution in [3.63, 3.8) is 0 Å². The third kappa shape index (κ3) is 3.31. The Balaban J connectivity index is 2.11. The smallest absolute Gasteiger partial charge is 0.352 e. The van der Waals surface area contributed by atoms with E-state index in [0.29, 0.717) is 0 Å². The third-order valence-electron chi connectivity index (χ3n) is 3.46. The first-order chi connectivity index (χ1) is 10.0. The number of aromatic carboxylic acids is 1. The Bertz CT molecular complexity index is 644. The Kier molecular flexibility index (Phi) is 4.42. The molecule has 21 heavy (non-hydrogen) atoms. The molecule has 1 aromatic carbocycles. The Morgan fingerprint density at radius 2 is 1.86 bits per heavy atom. The van der Waals surface area contributed by atoms with Crippen molar-refractivity contribution in [3.05, 3.63) is 53.9 Å². The zero-order chi connectivity index (χ0) is 15.4. The number of carboxylic acid groups (broad SMARTS) is 1. The molecule has 5 heteroatoms. The predicted octanol–water partition coefficient (Wildman–Crippen LogP) is 2.41. The van der Waals surface area contributed by atoms with E-state index in [4.69, 9.17) is 5.11 Å². The van der Waals surface area contributed by atoms with Crippen LogP contribution in [0.1, 0.15) is 23.0 Å². The van der Waals surface area contributed by atoms with Crippen LogP contribution in [0.4, 0.5) is 5.69 Å². The molecule has 0 bridgehead atoms. The summed E-state index contributed by atoms with van der Waals surface area (Å²) in [5.74, 6) is -1.21. The van der Waals surface area contributed by atoms with Gasteiger partial charge in [0.25, 0.3) is 0 Å². The van der Waals surface area contributed by atoms with Crippen molar-refractivity contribution in [1.82, 2.24) is 4.57 Å². The zero-order valence-corrected chi connectivity index (χ0v) is 12.1. The Morgan fingerprint density at radius 1 is 1.19 bits per heavy atom. The van der Waals surface area contributed by atoms with Crippen LogP contribution in [-0.2, 0) is 17.8 Å². The molecule has 0 fully saturated rings.